The van der Waals surface area contributed by atoms with Gasteiger partial charge < -0.3 is 4.90 Å². The number of halogens is 1. The molecule has 21 heavy (non-hydrogen) atoms. The van der Waals surface area contributed by atoms with Crippen molar-refractivity contribution in [2.75, 3.05) is 14.1 Å². The minimum absolute atomic E-state index is 0.0400. The minimum Gasteiger partial charge on any atom is -0.348 e. The predicted molar refractivity (Wildman–Crippen MR) is 83.7 cm³/mol. The van der Waals surface area contributed by atoms with Gasteiger partial charge >= 0.3 is 0 Å². The van der Waals surface area contributed by atoms with Crippen molar-refractivity contribution in [2.24, 2.45) is 0 Å². The minimum atomic E-state index is 0.0400. The zero-order valence-electron chi connectivity index (χ0n) is 11.6. The van der Waals surface area contributed by atoms with Gasteiger partial charge in [-0.25, -0.2) is 4.52 Å². The van der Waals surface area contributed by atoms with Crippen molar-refractivity contribution in [3.8, 4) is 11.4 Å². The summed E-state index contributed by atoms with van der Waals surface area (Å²) in [6.45, 7) is 0. The third-order valence-corrected chi connectivity index (χ3v) is 4.20. The van der Waals surface area contributed by atoms with Gasteiger partial charge in [0.1, 0.15) is 0 Å². The van der Waals surface area contributed by atoms with Crippen LogP contribution in [0.4, 0.5) is 0 Å². The molecular weight excluding hydrogens is 308 g/mol. The highest BCUT2D eigenvalue weighted by Crippen LogP contribution is 2.22. The summed E-state index contributed by atoms with van der Waals surface area (Å²) in [7, 11) is 3.48. The molecule has 3 rings (SSSR count). The number of thiazole rings is 1. The fraction of sp³-hybridized carbons (Fsp3) is 0.214. The second kappa shape index (κ2) is 5.46. The summed E-state index contributed by atoms with van der Waals surface area (Å²) in [6.07, 6.45) is 0.316. The quantitative estimate of drug-likeness (QED) is 0.745. The molecule has 0 bridgehead atoms. The Morgan fingerprint density at radius 3 is 2.71 bits per heavy atom. The first-order valence-electron chi connectivity index (χ1n) is 6.34. The first kappa shape index (κ1) is 14.0. The van der Waals surface area contributed by atoms with Crippen LogP contribution in [0.25, 0.3) is 16.3 Å². The number of carbonyl (C=O) groups is 1. The smallest absolute Gasteiger partial charge is 0.228 e. The fourth-order valence-electron chi connectivity index (χ4n) is 1.88. The summed E-state index contributed by atoms with van der Waals surface area (Å²) < 4.78 is 1.73. The van der Waals surface area contributed by atoms with Gasteiger partial charge in [-0.3, -0.25) is 4.79 Å². The van der Waals surface area contributed by atoms with E-state index in [-0.39, 0.29) is 5.91 Å². The summed E-state index contributed by atoms with van der Waals surface area (Å²) in [5.41, 5.74) is 1.75. The van der Waals surface area contributed by atoms with Crippen molar-refractivity contribution in [1.82, 2.24) is 19.5 Å². The molecule has 7 heteroatoms. The van der Waals surface area contributed by atoms with E-state index in [1.54, 1.807) is 23.5 Å². The molecule has 3 aromatic rings. The number of hydrogen-bond donors (Lipinski definition) is 0. The van der Waals surface area contributed by atoms with Crippen LogP contribution in [0.1, 0.15) is 5.69 Å². The maximum atomic E-state index is 11.8. The Morgan fingerprint density at radius 2 is 2.05 bits per heavy atom. The Hall–Kier alpha value is -1.92. The topological polar surface area (TPSA) is 50.5 Å². The number of aromatic nitrogens is 3. The Bertz CT molecular complexity index is 791. The second-order valence-electron chi connectivity index (χ2n) is 4.83. The summed E-state index contributed by atoms with van der Waals surface area (Å²) in [4.78, 5) is 18.7. The third kappa shape index (κ3) is 2.77. The molecule has 0 atom stereocenters. The van der Waals surface area contributed by atoms with Crippen molar-refractivity contribution < 1.29 is 4.79 Å². The number of likely N-dealkylation sites (N-methyl/N-ethyl adjacent to an activating group) is 1. The Kier molecular flexibility index (Phi) is 3.65. The number of carbonyl (C=O) groups excluding carboxylic acids is 1. The molecule has 0 saturated heterocycles. The van der Waals surface area contributed by atoms with Gasteiger partial charge in [0.05, 0.1) is 12.1 Å². The number of nitrogens with zero attached hydrogens (tertiary/aromatic N) is 4. The summed E-state index contributed by atoms with van der Waals surface area (Å²) in [5.74, 6) is 0.676. The molecule has 2 aromatic heterocycles. The van der Waals surface area contributed by atoms with E-state index in [0.717, 1.165) is 16.2 Å². The zero-order chi connectivity index (χ0) is 15.0. The van der Waals surface area contributed by atoms with Crippen LogP contribution >= 0.6 is 22.9 Å². The number of hydrogen-bond acceptors (Lipinski definition) is 4. The van der Waals surface area contributed by atoms with Crippen LogP contribution in [0.3, 0.4) is 0 Å². The first-order chi connectivity index (χ1) is 10.0. The van der Waals surface area contributed by atoms with Crippen molar-refractivity contribution >= 4 is 33.8 Å². The molecule has 0 spiro atoms. The van der Waals surface area contributed by atoms with Crippen molar-refractivity contribution in [3.05, 3.63) is 40.4 Å². The van der Waals surface area contributed by atoms with Gasteiger partial charge in [0, 0.05) is 30.1 Å². The molecular formula is C14H13ClN4OS. The maximum absolute atomic E-state index is 11.8. The average Bonchev–Trinajstić information content (AvgIpc) is 3.01. The number of fused-ring (bicyclic) bond motifs is 1. The van der Waals surface area contributed by atoms with E-state index in [0.29, 0.717) is 17.3 Å². The van der Waals surface area contributed by atoms with Crippen molar-refractivity contribution in [2.45, 2.75) is 6.42 Å². The highest BCUT2D eigenvalue weighted by atomic mass is 35.5. The molecule has 0 fully saturated rings. The molecule has 1 amide bonds. The van der Waals surface area contributed by atoms with Gasteiger partial charge in [-0.05, 0) is 24.3 Å². The number of amides is 1. The molecule has 2 heterocycles. The van der Waals surface area contributed by atoms with Crippen LogP contribution in [0, 0.1) is 0 Å². The Morgan fingerprint density at radius 1 is 1.33 bits per heavy atom. The van der Waals surface area contributed by atoms with Crippen LogP contribution in [0.15, 0.2) is 29.6 Å². The molecule has 0 aliphatic rings. The molecule has 0 aliphatic carbocycles. The van der Waals surface area contributed by atoms with E-state index in [1.807, 2.05) is 29.6 Å². The summed E-state index contributed by atoms with van der Waals surface area (Å²) in [6, 6.07) is 7.38. The largest absolute Gasteiger partial charge is 0.348 e. The molecule has 0 saturated carbocycles. The summed E-state index contributed by atoms with van der Waals surface area (Å²) in [5, 5.41) is 7.08. The Balaban J connectivity index is 1.96. The van der Waals surface area contributed by atoms with Crippen LogP contribution in [0.5, 0.6) is 0 Å². The van der Waals surface area contributed by atoms with Crippen molar-refractivity contribution in [3.63, 3.8) is 0 Å². The maximum Gasteiger partial charge on any atom is 0.228 e. The van der Waals surface area contributed by atoms with Crippen LogP contribution in [0.2, 0.25) is 5.02 Å². The second-order valence-corrected chi connectivity index (χ2v) is 6.10. The van der Waals surface area contributed by atoms with E-state index in [4.69, 9.17) is 11.6 Å². The standard InChI is InChI=1S/C14H13ClN4OS/c1-18(2)12(20)7-11-8-21-14-16-13(17-19(11)14)9-3-5-10(15)6-4-9/h3-6,8H,7H2,1-2H3. The number of benzene rings is 1. The van der Waals surface area contributed by atoms with E-state index in [1.165, 1.54) is 11.3 Å². The molecule has 1 aromatic carbocycles. The van der Waals surface area contributed by atoms with Gasteiger partial charge in [0.2, 0.25) is 10.9 Å². The van der Waals surface area contributed by atoms with Crippen LogP contribution < -0.4 is 0 Å². The number of rotatable bonds is 3. The van der Waals surface area contributed by atoms with Gasteiger partial charge in [-0.1, -0.05) is 11.6 Å². The monoisotopic (exact) mass is 320 g/mol. The van der Waals surface area contributed by atoms with E-state index in [9.17, 15) is 4.79 Å². The van der Waals surface area contributed by atoms with Crippen LogP contribution in [-0.4, -0.2) is 39.5 Å². The lowest BCUT2D eigenvalue weighted by Crippen LogP contribution is -2.24. The van der Waals surface area contributed by atoms with Gasteiger partial charge in [0.25, 0.3) is 0 Å². The third-order valence-electron chi connectivity index (χ3n) is 3.08. The lowest BCUT2D eigenvalue weighted by molar-refractivity contribution is -0.128. The Labute approximate surface area is 130 Å². The zero-order valence-corrected chi connectivity index (χ0v) is 13.1. The van der Waals surface area contributed by atoms with Crippen LogP contribution in [-0.2, 0) is 11.2 Å². The molecule has 0 N–H and O–H groups in total. The van der Waals surface area contributed by atoms with E-state index >= 15 is 0 Å². The van der Waals surface area contributed by atoms with Gasteiger partial charge in [0.15, 0.2) is 5.82 Å². The highest BCUT2D eigenvalue weighted by molar-refractivity contribution is 7.15. The van der Waals surface area contributed by atoms with E-state index in [2.05, 4.69) is 10.1 Å². The molecule has 5 nitrogen and oxygen atoms in total. The SMILES string of the molecule is CN(C)C(=O)Cc1csc2nc(-c3ccc(Cl)cc3)nn12. The van der Waals surface area contributed by atoms with E-state index < -0.39 is 0 Å². The average molecular weight is 321 g/mol. The molecule has 0 unspecified atom stereocenters. The van der Waals surface area contributed by atoms with Crippen molar-refractivity contribution in [1.29, 1.82) is 0 Å². The molecule has 0 aliphatic heterocycles. The lowest BCUT2D eigenvalue weighted by Gasteiger charge is -2.08. The highest BCUT2D eigenvalue weighted by Gasteiger charge is 2.14. The molecule has 0 radical (unpaired) electrons. The normalized spacial score (nSPS) is 11.0. The molecule has 108 valence electrons. The van der Waals surface area contributed by atoms with Gasteiger partial charge in [-0.2, -0.15) is 4.98 Å². The lowest BCUT2D eigenvalue weighted by atomic mass is 10.2. The predicted octanol–water partition coefficient (Wildman–Crippen LogP) is 2.74. The first-order valence-corrected chi connectivity index (χ1v) is 7.59. The fourth-order valence-corrected chi connectivity index (χ4v) is 2.83. The summed E-state index contributed by atoms with van der Waals surface area (Å²) >= 11 is 7.36. The van der Waals surface area contributed by atoms with Gasteiger partial charge in [-0.15, -0.1) is 16.4 Å².